The van der Waals surface area contributed by atoms with Gasteiger partial charge in [-0.15, -0.1) is 5.10 Å². The van der Waals surface area contributed by atoms with Crippen molar-refractivity contribution in [1.29, 1.82) is 0 Å². The lowest BCUT2D eigenvalue weighted by Crippen LogP contribution is -2.14. The number of benzene rings is 1. The number of carbonyl (C=O) groups is 1. The molecule has 0 atom stereocenters. The molecule has 104 valence electrons. The van der Waals surface area contributed by atoms with Crippen LogP contribution in [0.5, 0.6) is 5.88 Å². The molecular weight excluding hydrogens is 270 g/mol. The average Bonchev–Trinajstić information content (AvgIpc) is 2.54. The highest BCUT2D eigenvalue weighted by Gasteiger charge is 2.10. The van der Waals surface area contributed by atoms with Crippen LogP contribution in [-0.2, 0) is 0 Å². The lowest BCUT2D eigenvalue weighted by Gasteiger charge is -2.05. The Morgan fingerprint density at radius 1 is 1.19 bits per heavy atom. The van der Waals surface area contributed by atoms with Crippen molar-refractivity contribution < 1.29 is 9.53 Å². The van der Waals surface area contributed by atoms with E-state index in [-0.39, 0.29) is 11.6 Å². The summed E-state index contributed by atoms with van der Waals surface area (Å²) >= 11 is 0. The van der Waals surface area contributed by atoms with Crippen molar-refractivity contribution in [2.24, 2.45) is 0 Å². The molecule has 0 spiro atoms. The van der Waals surface area contributed by atoms with Gasteiger partial charge in [0.25, 0.3) is 5.91 Å². The Bertz CT molecular complexity index is 806. The van der Waals surface area contributed by atoms with E-state index < -0.39 is 0 Å². The number of amides is 1. The van der Waals surface area contributed by atoms with Crippen LogP contribution in [0.25, 0.3) is 11.0 Å². The van der Waals surface area contributed by atoms with Crippen LogP contribution in [0, 0.1) is 0 Å². The van der Waals surface area contributed by atoms with Crippen molar-refractivity contribution in [3.63, 3.8) is 0 Å². The number of fused-ring (bicyclic) bond motifs is 1. The Morgan fingerprint density at radius 2 is 2.00 bits per heavy atom. The number of aromatic nitrogens is 4. The van der Waals surface area contributed by atoms with Crippen LogP contribution in [0.4, 0.5) is 5.69 Å². The first-order chi connectivity index (χ1) is 10.3. The smallest absolute Gasteiger partial charge is 0.275 e. The zero-order chi connectivity index (χ0) is 14.7. The summed E-state index contributed by atoms with van der Waals surface area (Å²) in [5.41, 5.74) is 2.10. The quantitative estimate of drug-likeness (QED) is 0.785. The highest BCUT2D eigenvalue weighted by molar-refractivity contribution is 6.03. The van der Waals surface area contributed by atoms with Gasteiger partial charge in [0.15, 0.2) is 0 Å². The van der Waals surface area contributed by atoms with E-state index >= 15 is 0 Å². The van der Waals surface area contributed by atoms with Crippen LogP contribution in [-0.4, -0.2) is 33.2 Å². The van der Waals surface area contributed by atoms with Gasteiger partial charge in [0.1, 0.15) is 5.69 Å². The Morgan fingerprint density at radius 3 is 2.81 bits per heavy atom. The van der Waals surface area contributed by atoms with E-state index in [4.69, 9.17) is 4.74 Å². The molecule has 0 aliphatic carbocycles. The summed E-state index contributed by atoms with van der Waals surface area (Å²) in [5, 5.41) is 10.1. The molecule has 0 saturated heterocycles. The molecule has 1 amide bonds. The summed E-state index contributed by atoms with van der Waals surface area (Å²) in [6.07, 6.45) is 2.86. The maximum Gasteiger partial charge on any atom is 0.275 e. The number of nitrogens with one attached hydrogen (secondary N) is 1. The molecule has 7 nitrogen and oxygen atoms in total. The summed E-state index contributed by atoms with van der Waals surface area (Å²) in [4.78, 5) is 20.6. The third-order valence-corrected chi connectivity index (χ3v) is 2.78. The van der Waals surface area contributed by atoms with Crippen LogP contribution < -0.4 is 10.1 Å². The third kappa shape index (κ3) is 2.76. The first-order valence-corrected chi connectivity index (χ1v) is 6.16. The number of para-hydroxylation sites is 2. The molecule has 1 N–H and O–H groups in total. The fraction of sp³-hybridized carbons (Fsp3) is 0.0714. The maximum atomic E-state index is 12.2. The van der Waals surface area contributed by atoms with Gasteiger partial charge in [0.2, 0.25) is 5.88 Å². The number of anilines is 1. The van der Waals surface area contributed by atoms with E-state index in [2.05, 4.69) is 25.5 Å². The third-order valence-electron chi connectivity index (χ3n) is 2.78. The van der Waals surface area contributed by atoms with Crippen molar-refractivity contribution in [1.82, 2.24) is 20.2 Å². The lowest BCUT2D eigenvalue weighted by molar-refractivity contribution is 0.102. The Hall–Kier alpha value is -3.09. The van der Waals surface area contributed by atoms with Crippen LogP contribution in [0.15, 0.2) is 42.7 Å². The first-order valence-electron chi connectivity index (χ1n) is 6.16. The zero-order valence-corrected chi connectivity index (χ0v) is 11.1. The van der Waals surface area contributed by atoms with Gasteiger partial charge in [-0.1, -0.05) is 12.1 Å². The minimum Gasteiger partial charge on any atom is -0.480 e. The van der Waals surface area contributed by atoms with Gasteiger partial charge < -0.3 is 10.1 Å². The van der Waals surface area contributed by atoms with E-state index in [1.807, 2.05) is 18.2 Å². The van der Waals surface area contributed by atoms with E-state index in [0.29, 0.717) is 17.1 Å². The van der Waals surface area contributed by atoms with Crippen molar-refractivity contribution in [3.8, 4) is 5.88 Å². The largest absolute Gasteiger partial charge is 0.480 e. The zero-order valence-electron chi connectivity index (χ0n) is 11.1. The number of hydrogen-bond donors (Lipinski definition) is 1. The summed E-state index contributed by atoms with van der Waals surface area (Å²) in [5.74, 6) is -0.0549. The average molecular weight is 281 g/mol. The highest BCUT2D eigenvalue weighted by Crippen LogP contribution is 2.13. The van der Waals surface area contributed by atoms with Gasteiger partial charge >= 0.3 is 0 Å². The molecule has 0 saturated carbocycles. The monoisotopic (exact) mass is 281 g/mol. The Kier molecular flexibility index (Phi) is 3.38. The second-order valence-corrected chi connectivity index (χ2v) is 4.18. The van der Waals surface area contributed by atoms with Crippen LogP contribution in [0.2, 0.25) is 0 Å². The van der Waals surface area contributed by atoms with Crippen molar-refractivity contribution >= 4 is 22.6 Å². The van der Waals surface area contributed by atoms with E-state index in [0.717, 1.165) is 5.52 Å². The summed E-state index contributed by atoms with van der Waals surface area (Å²) in [6, 6.07) is 8.92. The van der Waals surface area contributed by atoms with Gasteiger partial charge in [0.05, 0.1) is 36.2 Å². The van der Waals surface area contributed by atoms with Gasteiger partial charge in [-0.25, -0.2) is 4.98 Å². The predicted molar refractivity (Wildman–Crippen MR) is 76.1 cm³/mol. The predicted octanol–water partition coefficient (Wildman–Crippen LogP) is 1.68. The number of methoxy groups -OCH3 is 1. The lowest BCUT2D eigenvalue weighted by atomic mass is 10.3. The molecule has 0 bridgehead atoms. The van der Waals surface area contributed by atoms with Crippen molar-refractivity contribution in [2.75, 3.05) is 12.4 Å². The Balaban J connectivity index is 1.86. The molecule has 7 heteroatoms. The van der Waals surface area contributed by atoms with Gasteiger partial charge in [0, 0.05) is 6.07 Å². The molecule has 2 heterocycles. The number of carbonyl (C=O) groups excluding carboxylic acids is 1. The minimum atomic E-state index is -0.372. The van der Waals surface area contributed by atoms with E-state index in [9.17, 15) is 4.79 Å². The molecule has 0 unspecified atom stereocenters. The molecule has 2 aromatic heterocycles. The van der Waals surface area contributed by atoms with E-state index in [1.54, 1.807) is 12.1 Å². The van der Waals surface area contributed by atoms with Crippen LogP contribution >= 0.6 is 0 Å². The fourth-order valence-electron chi connectivity index (χ4n) is 1.78. The molecule has 1 aromatic carbocycles. The van der Waals surface area contributed by atoms with Crippen molar-refractivity contribution in [2.45, 2.75) is 0 Å². The molecule has 21 heavy (non-hydrogen) atoms. The molecule has 0 aliphatic heterocycles. The van der Waals surface area contributed by atoms with Gasteiger partial charge in [-0.2, -0.15) is 5.10 Å². The molecule has 0 fully saturated rings. The first kappa shape index (κ1) is 12.9. The number of rotatable bonds is 3. The SMILES string of the molecule is COc1cc(NC(=O)c2cnc3ccccc3n2)cnn1. The molecular formula is C14H11N5O2. The maximum absolute atomic E-state index is 12.2. The standard InChI is InChI=1S/C14H11N5O2/c1-21-13-6-9(7-16-19-13)17-14(20)12-8-15-10-4-2-3-5-11(10)18-12/h2-8H,1H3,(H,17,19,20). The fourth-order valence-corrected chi connectivity index (χ4v) is 1.78. The van der Waals surface area contributed by atoms with Gasteiger partial charge in [-0.3, -0.25) is 9.78 Å². The van der Waals surface area contributed by atoms with Crippen LogP contribution in [0.1, 0.15) is 10.5 Å². The normalized spacial score (nSPS) is 10.3. The number of ether oxygens (including phenoxy) is 1. The molecule has 0 aliphatic rings. The summed E-state index contributed by atoms with van der Waals surface area (Å²) in [6.45, 7) is 0. The second kappa shape index (κ2) is 5.49. The van der Waals surface area contributed by atoms with E-state index in [1.165, 1.54) is 19.5 Å². The highest BCUT2D eigenvalue weighted by atomic mass is 16.5. The minimum absolute atomic E-state index is 0.226. The second-order valence-electron chi connectivity index (χ2n) is 4.18. The van der Waals surface area contributed by atoms with Gasteiger partial charge in [-0.05, 0) is 12.1 Å². The molecule has 3 aromatic rings. The van der Waals surface area contributed by atoms with Crippen LogP contribution in [0.3, 0.4) is 0 Å². The summed E-state index contributed by atoms with van der Waals surface area (Å²) in [7, 11) is 1.48. The summed E-state index contributed by atoms with van der Waals surface area (Å²) < 4.78 is 4.95. The number of hydrogen-bond acceptors (Lipinski definition) is 6. The van der Waals surface area contributed by atoms with Crippen molar-refractivity contribution in [3.05, 3.63) is 48.4 Å². The Labute approximate surface area is 120 Å². The molecule has 0 radical (unpaired) electrons. The number of nitrogens with zero attached hydrogens (tertiary/aromatic N) is 4. The molecule has 3 rings (SSSR count). The topological polar surface area (TPSA) is 89.9 Å².